The van der Waals surface area contributed by atoms with Crippen molar-refractivity contribution in [3.63, 3.8) is 0 Å². The van der Waals surface area contributed by atoms with E-state index in [0.717, 1.165) is 45.6 Å². The largest absolute Gasteiger partial charge is 0.374 e. The van der Waals surface area contributed by atoms with E-state index in [2.05, 4.69) is 23.2 Å². The molecule has 0 saturated carbocycles. The average Bonchev–Trinajstić information content (AvgIpc) is 2.20. The number of morpholine rings is 1. The fourth-order valence-corrected chi connectivity index (χ4v) is 1.63. The highest BCUT2D eigenvalue weighted by Crippen LogP contribution is 1.99. The molecule has 1 unspecified atom stereocenters. The fraction of sp³-hybridized carbons (Fsp3) is 0.818. The molecule has 0 aromatic carbocycles. The van der Waals surface area contributed by atoms with Crippen LogP contribution in [0.15, 0.2) is 0 Å². The van der Waals surface area contributed by atoms with E-state index in [1.165, 1.54) is 0 Å². The van der Waals surface area contributed by atoms with Gasteiger partial charge in [0.15, 0.2) is 0 Å². The van der Waals surface area contributed by atoms with Gasteiger partial charge in [-0.3, -0.25) is 0 Å². The predicted octanol–water partition coefficient (Wildman–Crippen LogP) is 0.320. The first-order chi connectivity index (χ1) is 6.83. The number of hydrogen-bond donors (Lipinski definition) is 1. The first-order valence-electron chi connectivity index (χ1n) is 5.27. The molecule has 1 heterocycles. The molecule has 1 saturated heterocycles. The molecule has 3 heteroatoms. The summed E-state index contributed by atoms with van der Waals surface area (Å²) < 4.78 is 5.61. The molecule has 1 atom stereocenters. The van der Waals surface area contributed by atoms with Gasteiger partial charge in [-0.2, -0.15) is 0 Å². The van der Waals surface area contributed by atoms with Gasteiger partial charge in [-0.1, -0.05) is 0 Å². The van der Waals surface area contributed by atoms with Crippen LogP contribution < -0.4 is 5.32 Å². The minimum atomic E-state index is 0.347. The number of hydrogen-bond acceptors (Lipinski definition) is 3. The zero-order valence-electron chi connectivity index (χ0n) is 8.96. The van der Waals surface area contributed by atoms with E-state index in [-0.39, 0.29) is 0 Å². The van der Waals surface area contributed by atoms with Crippen LogP contribution in [0.2, 0.25) is 0 Å². The summed E-state index contributed by atoms with van der Waals surface area (Å²) >= 11 is 0. The number of rotatable bonds is 5. The summed E-state index contributed by atoms with van der Waals surface area (Å²) in [5.74, 6) is 2.66. The molecule has 1 aliphatic heterocycles. The summed E-state index contributed by atoms with van der Waals surface area (Å²) in [6, 6.07) is 0. The molecule has 0 aromatic heterocycles. The Morgan fingerprint density at radius 2 is 2.50 bits per heavy atom. The highest BCUT2D eigenvalue weighted by molar-refractivity contribution is 4.83. The van der Waals surface area contributed by atoms with Crippen molar-refractivity contribution in [2.45, 2.75) is 18.9 Å². The van der Waals surface area contributed by atoms with Crippen molar-refractivity contribution >= 4 is 0 Å². The Morgan fingerprint density at radius 1 is 1.64 bits per heavy atom. The summed E-state index contributed by atoms with van der Waals surface area (Å²) in [7, 11) is 2.12. The fourth-order valence-electron chi connectivity index (χ4n) is 1.63. The Labute approximate surface area is 86.8 Å². The summed E-state index contributed by atoms with van der Waals surface area (Å²) in [5.41, 5.74) is 0. The van der Waals surface area contributed by atoms with Crippen molar-refractivity contribution in [3.05, 3.63) is 0 Å². The molecule has 3 nitrogen and oxygen atoms in total. The highest BCUT2D eigenvalue weighted by Gasteiger charge is 2.14. The van der Waals surface area contributed by atoms with E-state index in [9.17, 15) is 0 Å². The maximum Gasteiger partial charge on any atom is 0.0826 e. The first-order valence-corrected chi connectivity index (χ1v) is 5.27. The standard InChI is InChI=1S/C11H20N2O/c1-3-4-5-7-13(2)10-11-9-12-6-8-14-11/h1,11-12H,4-10H2,2H3. The van der Waals surface area contributed by atoms with Gasteiger partial charge < -0.3 is 15.0 Å². The van der Waals surface area contributed by atoms with Gasteiger partial charge in [0.05, 0.1) is 12.7 Å². The number of unbranched alkanes of at least 4 members (excludes halogenated alkanes) is 1. The number of nitrogens with one attached hydrogen (secondary N) is 1. The third-order valence-corrected chi connectivity index (χ3v) is 2.38. The van der Waals surface area contributed by atoms with Crippen molar-refractivity contribution in [1.29, 1.82) is 0 Å². The van der Waals surface area contributed by atoms with E-state index >= 15 is 0 Å². The number of ether oxygens (including phenoxy) is 1. The SMILES string of the molecule is C#CCCCN(C)CC1CNCCO1. The summed E-state index contributed by atoms with van der Waals surface area (Å²) in [4.78, 5) is 2.29. The molecule has 0 aromatic rings. The molecular formula is C11H20N2O. The van der Waals surface area contributed by atoms with Crippen LogP contribution in [0.5, 0.6) is 0 Å². The summed E-state index contributed by atoms with van der Waals surface area (Å²) in [6.07, 6.45) is 7.49. The monoisotopic (exact) mass is 196 g/mol. The second-order valence-corrected chi connectivity index (χ2v) is 3.77. The number of terminal acetylenes is 1. The molecule has 14 heavy (non-hydrogen) atoms. The highest BCUT2D eigenvalue weighted by atomic mass is 16.5. The van der Waals surface area contributed by atoms with E-state index in [4.69, 9.17) is 11.2 Å². The van der Waals surface area contributed by atoms with E-state index in [0.29, 0.717) is 6.10 Å². The summed E-state index contributed by atoms with van der Waals surface area (Å²) in [6.45, 7) is 4.85. The molecule has 1 fully saturated rings. The average molecular weight is 196 g/mol. The van der Waals surface area contributed by atoms with Crippen LogP contribution in [0.4, 0.5) is 0 Å². The molecular weight excluding hydrogens is 176 g/mol. The molecule has 0 bridgehead atoms. The second kappa shape index (κ2) is 6.83. The van der Waals surface area contributed by atoms with E-state index in [1.54, 1.807) is 0 Å². The molecule has 80 valence electrons. The topological polar surface area (TPSA) is 24.5 Å². The van der Waals surface area contributed by atoms with Crippen LogP contribution in [-0.2, 0) is 4.74 Å². The zero-order chi connectivity index (χ0) is 10.2. The quantitative estimate of drug-likeness (QED) is 0.506. The van der Waals surface area contributed by atoms with Crippen molar-refractivity contribution < 1.29 is 4.74 Å². The van der Waals surface area contributed by atoms with Gasteiger partial charge in [-0.25, -0.2) is 0 Å². The smallest absolute Gasteiger partial charge is 0.0826 e. The lowest BCUT2D eigenvalue weighted by atomic mass is 10.2. The number of likely N-dealkylation sites (N-methyl/N-ethyl adjacent to an activating group) is 1. The number of nitrogens with zero attached hydrogens (tertiary/aromatic N) is 1. The second-order valence-electron chi connectivity index (χ2n) is 3.77. The van der Waals surface area contributed by atoms with Crippen molar-refractivity contribution in [2.24, 2.45) is 0 Å². The van der Waals surface area contributed by atoms with Gasteiger partial charge in [-0.15, -0.1) is 12.3 Å². The molecule has 1 N–H and O–H groups in total. The molecule has 0 amide bonds. The van der Waals surface area contributed by atoms with Crippen molar-refractivity contribution in [1.82, 2.24) is 10.2 Å². The maximum absolute atomic E-state index is 5.61. The lowest BCUT2D eigenvalue weighted by molar-refractivity contribution is 0.0100. The third-order valence-electron chi connectivity index (χ3n) is 2.38. The Balaban J connectivity index is 2.06. The Kier molecular flexibility index (Phi) is 5.62. The minimum Gasteiger partial charge on any atom is -0.374 e. The zero-order valence-corrected chi connectivity index (χ0v) is 8.96. The van der Waals surface area contributed by atoms with Crippen LogP contribution in [0, 0.1) is 12.3 Å². The third kappa shape index (κ3) is 4.61. The van der Waals surface area contributed by atoms with Crippen LogP contribution in [0.3, 0.4) is 0 Å². The Hall–Kier alpha value is -0.560. The van der Waals surface area contributed by atoms with Crippen molar-refractivity contribution in [2.75, 3.05) is 39.8 Å². The molecule has 1 rings (SSSR count). The molecule has 1 aliphatic rings. The van der Waals surface area contributed by atoms with Crippen LogP contribution in [-0.4, -0.2) is 50.8 Å². The molecule has 0 radical (unpaired) electrons. The van der Waals surface area contributed by atoms with Crippen LogP contribution in [0.1, 0.15) is 12.8 Å². The van der Waals surface area contributed by atoms with Crippen LogP contribution >= 0.6 is 0 Å². The normalized spacial score (nSPS) is 22.2. The van der Waals surface area contributed by atoms with Gasteiger partial charge in [0.2, 0.25) is 0 Å². The van der Waals surface area contributed by atoms with Gasteiger partial charge >= 0.3 is 0 Å². The minimum absolute atomic E-state index is 0.347. The van der Waals surface area contributed by atoms with Gasteiger partial charge in [0, 0.05) is 26.1 Å². The van der Waals surface area contributed by atoms with E-state index < -0.39 is 0 Å². The summed E-state index contributed by atoms with van der Waals surface area (Å²) in [5, 5.41) is 3.32. The predicted molar refractivity (Wildman–Crippen MR) is 58.2 cm³/mol. The molecule has 0 aliphatic carbocycles. The maximum atomic E-state index is 5.61. The van der Waals surface area contributed by atoms with Crippen LogP contribution in [0.25, 0.3) is 0 Å². The Bertz CT molecular complexity index is 182. The lowest BCUT2D eigenvalue weighted by Gasteiger charge is -2.27. The van der Waals surface area contributed by atoms with Gasteiger partial charge in [-0.05, 0) is 20.0 Å². The van der Waals surface area contributed by atoms with E-state index in [1.807, 2.05) is 0 Å². The first kappa shape index (κ1) is 11.5. The lowest BCUT2D eigenvalue weighted by Crippen LogP contribution is -2.44. The Morgan fingerprint density at radius 3 is 3.14 bits per heavy atom. The molecule has 0 spiro atoms. The van der Waals surface area contributed by atoms with Gasteiger partial charge in [0.25, 0.3) is 0 Å². The van der Waals surface area contributed by atoms with Crippen molar-refractivity contribution in [3.8, 4) is 12.3 Å². The van der Waals surface area contributed by atoms with Gasteiger partial charge in [0.1, 0.15) is 0 Å².